The van der Waals surface area contributed by atoms with Gasteiger partial charge in [0.2, 0.25) is 0 Å². The standard InChI is InChI=1S/C33H63P/c1-4-7-10-13-16-19-22-25-28-31-34(32-29-26-23-20-17-14-11-8-5-2)33-30-27-24-21-18-15-12-9-6-3/h4-6H,1-3,7-33H2. The first kappa shape index (κ1) is 33.7. The number of hydrogen-bond acceptors (Lipinski definition) is 0. The van der Waals surface area contributed by atoms with Gasteiger partial charge in [-0.25, -0.2) is 0 Å². The Balaban J connectivity index is 3.87. The molecule has 0 nitrogen and oxygen atoms in total. The number of rotatable bonds is 30. The van der Waals surface area contributed by atoms with Crippen LogP contribution in [-0.4, -0.2) is 18.5 Å². The summed E-state index contributed by atoms with van der Waals surface area (Å²) in [4.78, 5) is 0. The van der Waals surface area contributed by atoms with E-state index in [1.807, 2.05) is 0 Å². The van der Waals surface area contributed by atoms with Gasteiger partial charge in [-0.1, -0.05) is 115 Å². The van der Waals surface area contributed by atoms with Crippen molar-refractivity contribution in [3.05, 3.63) is 38.0 Å². The maximum absolute atomic E-state index is 3.83. The Kier molecular flexibility index (Phi) is 30.4. The Morgan fingerprint density at radius 2 is 0.500 bits per heavy atom. The van der Waals surface area contributed by atoms with Crippen molar-refractivity contribution < 1.29 is 0 Å². The van der Waals surface area contributed by atoms with Gasteiger partial charge in [0.25, 0.3) is 0 Å². The van der Waals surface area contributed by atoms with E-state index in [0.29, 0.717) is 7.92 Å². The topological polar surface area (TPSA) is 0 Å². The zero-order valence-corrected chi connectivity index (χ0v) is 24.3. The summed E-state index contributed by atoms with van der Waals surface area (Å²) < 4.78 is 0. The molecule has 200 valence electrons. The minimum absolute atomic E-state index is 0.309. The molecule has 0 aromatic carbocycles. The molecule has 0 aliphatic rings. The third kappa shape index (κ3) is 27.9. The van der Waals surface area contributed by atoms with Crippen LogP contribution in [-0.2, 0) is 0 Å². The quantitative estimate of drug-likeness (QED) is 0.0533. The van der Waals surface area contributed by atoms with Crippen LogP contribution in [0.25, 0.3) is 0 Å². The molecule has 0 fully saturated rings. The summed E-state index contributed by atoms with van der Waals surface area (Å²) in [5.41, 5.74) is 0. The first-order valence-electron chi connectivity index (χ1n) is 15.4. The summed E-state index contributed by atoms with van der Waals surface area (Å²) in [6, 6.07) is 0. The number of hydrogen-bond donors (Lipinski definition) is 0. The molecule has 34 heavy (non-hydrogen) atoms. The summed E-state index contributed by atoms with van der Waals surface area (Å²) in [6.45, 7) is 11.5. The highest BCUT2D eigenvalue weighted by Gasteiger charge is 2.08. The predicted octanol–water partition coefficient (Wildman–Crippen LogP) is 12.4. The minimum Gasteiger partial charge on any atom is -0.107 e. The Hall–Kier alpha value is -0.350. The van der Waals surface area contributed by atoms with Crippen molar-refractivity contribution in [1.29, 1.82) is 0 Å². The number of unbranched alkanes of at least 4 members (excludes halogenated alkanes) is 21. The molecule has 0 aliphatic heterocycles. The maximum atomic E-state index is 3.83. The Labute approximate surface area is 218 Å². The van der Waals surface area contributed by atoms with Gasteiger partial charge in [0.1, 0.15) is 0 Å². The highest BCUT2D eigenvalue weighted by molar-refractivity contribution is 7.57. The van der Waals surface area contributed by atoms with E-state index in [9.17, 15) is 0 Å². The van der Waals surface area contributed by atoms with Gasteiger partial charge in [-0.3, -0.25) is 0 Å². The van der Waals surface area contributed by atoms with Crippen molar-refractivity contribution in [2.75, 3.05) is 18.5 Å². The summed E-state index contributed by atoms with van der Waals surface area (Å²) in [6.07, 6.45) is 44.8. The van der Waals surface area contributed by atoms with Gasteiger partial charge >= 0.3 is 0 Å². The molecule has 0 rings (SSSR count). The highest BCUT2D eigenvalue weighted by Crippen LogP contribution is 2.39. The third-order valence-corrected chi connectivity index (χ3v) is 9.99. The van der Waals surface area contributed by atoms with Crippen LogP contribution < -0.4 is 0 Å². The van der Waals surface area contributed by atoms with Crippen LogP contribution in [0.3, 0.4) is 0 Å². The summed E-state index contributed by atoms with van der Waals surface area (Å²) in [5, 5.41) is 0. The Bertz CT molecular complexity index is 351. The molecule has 0 saturated carbocycles. The van der Waals surface area contributed by atoms with Crippen LogP contribution in [0.2, 0.25) is 0 Å². The molecule has 0 unspecified atom stereocenters. The van der Waals surface area contributed by atoms with Crippen LogP contribution in [0.15, 0.2) is 38.0 Å². The first-order valence-corrected chi connectivity index (χ1v) is 17.3. The number of allylic oxidation sites excluding steroid dienone is 3. The molecule has 0 atom stereocenters. The van der Waals surface area contributed by atoms with Crippen LogP contribution in [0, 0.1) is 0 Å². The molecule has 0 heterocycles. The van der Waals surface area contributed by atoms with E-state index in [1.54, 1.807) is 18.5 Å². The Morgan fingerprint density at radius 1 is 0.294 bits per heavy atom. The fraction of sp³-hybridized carbons (Fsp3) is 0.818. The van der Waals surface area contributed by atoms with E-state index < -0.39 is 0 Å². The molecule has 0 aromatic heterocycles. The first-order chi connectivity index (χ1) is 16.8. The fourth-order valence-corrected chi connectivity index (χ4v) is 7.54. The van der Waals surface area contributed by atoms with Crippen LogP contribution in [0.4, 0.5) is 0 Å². The van der Waals surface area contributed by atoms with Crippen molar-refractivity contribution >= 4 is 7.92 Å². The smallest absolute Gasteiger partial charge is 0.0326 e. The van der Waals surface area contributed by atoms with Crippen molar-refractivity contribution in [3.8, 4) is 0 Å². The lowest BCUT2D eigenvalue weighted by Gasteiger charge is -2.18. The van der Waals surface area contributed by atoms with E-state index >= 15 is 0 Å². The van der Waals surface area contributed by atoms with Crippen LogP contribution in [0.5, 0.6) is 0 Å². The second kappa shape index (κ2) is 30.7. The van der Waals surface area contributed by atoms with E-state index in [4.69, 9.17) is 0 Å². The van der Waals surface area contributed by atoms with Crippen LogP contribution >= 0.6 is 7.92 Å². The molecule has 0 saturated heterocycles. The van der Waals surface area contributed by atoms with E-state index in [2.05, 4.69) is 38.0 Å². The molecule has 0 aromatic rings. The monoisotopic (exact) mass is 490 g/mol. The summed E-state index contributed by atoms with van der Waals surface area (Å²) in [7, 11) is 0.309. The minimum atomic E-state index is 0.309. The predicted molar refractivity (Wildman–Crippen MR) is 163 cm³/mol. The molecule has 0 bridgehead atoms. The van der Waals surface area contributed by atoms with Crippen molar-refractivity contribution in [3.63, 3.8) is 0 Å². The molecule has 0 amide bonds. The zero-order valence-electron chi connectivity index (χ0n) is 23.4. The molecule has 0 spiro atoms. The third-order valence-electron chi connectivity index (χ3n) is 7.15. The van der Waals surface area contributed by atoms with Crippen LogP contribution in [0.1, 0.15) is 154 Å². The SMILES string of the molecule is C=CCCCCCCCCCP(CCCCCCCCCC=C)CCCCCCCCCC=C. The molecular weight excluding hydrogens is 427 g/mol. The lowest BCUT2D eigenvalue weighted by molar-refractivity contribution is 0.588. The summed E-state index contributed by atoms with van der Waals surface area (Å²) >= 11 is 0. The molecule has 0 N–H and O–H groups in total. The molecule has 0 aliphatic carbocycles. The molecule has 0 radical (unpaired) electrons. The second-order valence-electron chi connectivity index (χ2n) is 10.5. The van der Waals surface area contributed by atoms with Crippen molar-refractivity contribution in [2.45, 2.75) is 154 Å². The van der Waals surface area contributed by atoms with Gasteiger partial charge in [0.15, 0.2) is 0 Å². The van der Waals surface area contributed by atoms with Crippen molar-refractivity contribution in [2.24, 2.45) is 0 Å². The normalized spacial score (nSPS) is 11.2. The molecule has 1 heteroatoms. The van der Waals surface area contributed by atoms with E-state index in [0.717, 1.165) is 0 Å². The molecular formula is C33H63P. The van der Waals surface area contributed by atoms with Gasteiger partial charge in [-0.15, -0.1) is 27.7 Å². The fourth-order valence-electron chi connectivity index (χ4n) is 4.86. The van der Waals surface area contributed by atoms with Crippen molar-refractivity contribution in [1.82, 2.24) is 0 Å². The van der Waals surface area contributed by atoms with Gasteiger partial charge in [-0.05, 0) is 76.3 Å². The zero-order chi connectivity index (χ0) is 24.8. The largest absolute Gasteiger partial charge is 0.107 e. The van der Waals surface area contributed by atoms with Gasteiger partial charge in [0, 0.05) is 0 Å². The average molecular weight is 491 g/mol. The average Bonchev–Trinajstić information content (AvgIpc) is 2.85. The van der Waals surface area contributed by atoms with E-state index in [1.165, 1.54) is 154 Å². The highest BCUT2D eigenvalue weighted by atomic mass is 31.1. The van der Waals surface area contributed by atoms with Gasteiger partial charge in [-0.2, -0.15) is 0 Å². The lowest BCUT2D eigenvalue weighted by Crippen LogP contribution is -1.97. The van der Waals surface area contributed by atoms with E-state index in [-0.39, 0.29) is 0 Å². The maximum Gasteiger partial charge on any atom is -0.0326 e. The lowest BCUT2D eigenvalue weighted by atomic mass is 10.1. The Morgan fingerprint density at radius 3 is 0.735 bits per heavy atom. The summed E-state index contributed by atoms with van der Waals surface area (Å²) in [5.74, 6) is 0. The second-order valence-corrected chi connectivity index (χ2v) is 13.2. The van der Waals surface area contributed by atoms with Gasteiger partial charge in [0.05, 0.1) is 0 Å². The van der Waals surface area contributed by atoms with Gasteiger partial charge < -0.3 is 0 Å².